The highest BCUT2D eigenvalue weighted by Crippen LogP contribution is 2.48. The van der Waals surface area contributed by atoms with Gasteiger partial charge in [-0.25, -0.2) is 0 Å². The second-order valence-electron chi connectivity index (χ2n) is 16.1. The molecular formula is C47H66N2O2. The van der Waals surface area contributed by atoms with Crippen LogP contribution in [-0.2, 0) is 10.2 Å². The Morgan fingerprint density at radius 3 is 2.39 bits per heavy atom. The van der Waals surface area contributed by atoms with Crippen LogP contribution in [0, 0.1) is 12.3 Å². The summed E-state index contributed by atoms with van der Waals surface area (Å²) in [6.45, 7) is 24.0. The highest BCUT2D eigenvalue weighted by atomic mass is 16.4. The Hall–Kier alpha value is -3.66. The third kappa shape index (κ3) is 10.0. The van der Waals surface area contributed by atoms with Gasteiger partial charge in [-0.1, -0.05) is 145 Å². The van der Waals surface area contributed by atoms with Crippen molar-refractivity contribution in [1.29, 1.82) is 0 Å². The largest absolute Gasteiger partial charge is 0.481 e. The third-order valence-corrected chi connectivity index (χ3v) is 11.3. The number of rotatable bonds is 16. The van der Waals surface area contributed by atoms with Crippen molar-refractivity contribution in [3.05, 3.63) is 111 Å². The van der Waals surface area contributed by atoms with E-state index >= 15 is 0 Å². The summed E-state index contributed by atoms with van der Waals surface area (Å²) in [5.41, 5.74) is 13.8. The van der Waals surface area contributed by atoms with Crippen LogP contribution < -0.4 is 4.90 Å². The Balaban J connectivity index is 1.77. The molecular weight excluding hydrogens is 625 g/mol. The van der Waals surface area contributed by atoms with E-state index in [1.54, 1.807) is 0 Å². The molecule has 0 unspecified atom stereocenters. The first-order chi connectivity index (χ1) is 24.3. The lowest BCUT2D eigenvalue weighted by Gasteiger charge is -2.34. The zero-order valence-electron chi connectivity index (χ0n) is 33.3. The summed E-state index contributed by atoms with van der Waals surface area (Å²) in [5, 5.41) is 9.51. The Labute approximate surface area is 310 Å². The van der Waals surface area contributed by atoms with Crippen LogP contribution >= 0.6 is 0 Å². The summed E-state index contributed by atoms with van der Waals surface area (Å²) in [6.07, 6.45) is 27.5. The van der Waals surface area contributed by atoms with Crippen molar-refractivity contribution in [2.45, 2.75) is 144 Å². The molecule has 276 valence electrons. The number of carboxylic acid groups (broad SMARTS) is 1. The summed E-state index contributed by atoms with van der Waals surface area (Å²) in [5.74, 6) is -0.807. The minimum absolute atomic E-state index is 0.0349. The fraction of sp³-hybridized carbons (Fsp3) is 0.532. The van der Waals surface area contributed by atoms with E-state index in [1.165, 1.54) is 88.1 Å². The zero-order valence-corrected chi connectivity index (χ0v) is 33.3. The summed E-state index contributed by atoms with van der Waals surface area (Å²) < 4.78 is 0. The molecule has 1 aliphatic heterocycles. The fourth-order valence-corrected chi connectivity index (χ4v) is 8.07. The molecule has 0 amide bonds. The molecule has 0 saturated heterocycles. The van der Waals surface area contributed by atoms with Crippen LogP contribution in [0.5, 0.6) is 0 Å². The minimum atomic E-state index is -0.807. The molecule has 0 atom stereocenters. The first-order valence-corrected chi connectivity index (χ1v) is 19.9. The summed E-state index contributed by atoms with van der Waals surface area (Å²) >= 11 is 0. The first kappa shape index (κ1) is 40.1. The molecule has 1 fully saturated rings. The van der Waals surface area contributed by atoms with Gasteiger partial charge in [-0.15, -0.1) is 0 Å². The van der Waals surface area contributed by atoms with Crippen LogP contribution in [0.2, 0.25) is 0 Å². The first-order valence-electron chi connectivity index (χ1n) is 19.9. The average Bonchev–Trinajstić information content (AvgIpc) is 3.29. The zero-order chi connectivity index (χ0) is 37.2. The van der Waals surface area contributed by atoms with E-state index in [9.17, 15) is 9.90 Å². The number of unbranched alkanes of at least 4 members (excludes halogenated alkanes) is 5. The molecule has 4 nitrogen and oxygen atoms in total. The smallest absolute Gasteiger partial charge is 0.305 e. The number of aliphatic imine (C=N–C) groups is 1. The van der Waals surface area contributed by atoms with E-state index in [2.05, 4.69) is 122 Å². The maximum absolute atomic E-state index is 11.6. The molecule has 1 N–H and O–H groups in total. The Morgan fingerprint density at radius 2 is 1.69 bits per heavy atom. The predicted molar refractivity (Wildman–Crippen MR) is 220 cm³/mol. The number of hydrogen-bond donors (Lipinski definition) is 1. The van der Waals surface area contributed by atoms with E-state index in [1.807, 2.05) is 0 Å². The number of benzene rings is 1. The number of fused-ring (bicyclic) bond motifs is 1. The van der Waals surface area contributed by atoms with E-state index in [0.29, 0.717) is 0 Å². The van der Waals surface area contributed by atoms with Gasteiger partial charge in [0.05, 0.1) is 18.7 Å². The highest BCUT2D eigenvalue weighted by Gasteiger charge is 2.39. The maximum Gasteiger partial charge on any atom is 0.305 e. The number of nitrogens with zero attached hydrogens (tertiary/aromatic N) is 2. The van der Waals surface area contributed by atoms with Crippen LogP contribution in [0.25, 0.3) is 0 Å². The van der Waals surface area contributed by atoms with Crippen molar-refractivity contribution in [2.75, 3.05) is 18.0 Å². The molecule has 3 aliphatic rings. The lowest BCUT2D eigenvalue weighted by Crippen LogP contribution is -2.27. The third-order valence-electron chi connectivity index (χ3n) is 11.3. The Morgan fingerprint density at radius 1 is 0.980 bits per heavy atom. The van der Waals surface area contributed by atoms with Crippen molar-refractivity contribution in [3.8, 4) is 0 Å². The molecule has 1 aromatic carbocycles. The van der Waals surface area contributed by atoms with Gasteiger partial charge in [-0.05, 0) is 93.2 Å². The predicted octanol–water partition coefficient (Wildman–Crippen LogP) is 12.9. The van der Waals surface area contributed by atoms with Crippen LogP contribution in [0.3, 0.4) is 0 Å². The van der Waals surface area contributed by atoms with Crippen molar-refractivity contribution >= 4 is 17.4 Å². The number of anilines is 1. The number of carboxylic acids is 1. The topological polar surface area (TPSA) is 52.9 Å². The second-order valence-corrected chi connectivity index (χ2v) is 16.1. The van der Waals surface area contributed by atoms with E-state index in [0.717, 1.165) is 57.2 Å². The number of aliphatic carboxylic acids is 1. The van der Waals surface area contributed by atoms with E-state index in [-0.39, 0.29) is 23.8 Å². The lowest BCUT2D eigenvalue weighted by molar-refractivity contribution is -0.136. The summed E-state index contributed by atoms with van der Waals surface area (Å²) in [4.78, 5) is 19.1. The highest BCUT2D eigenvalue weighted by molar-refractivity contribution is 6.13. The number of carbonyl (C=O) groups is 1. The molecule has 1 aromatic rings. The summed E-state index contributed by atoms with van der Waals surface area (Å²) in [7, 11) is 0. The SMILES string of the molecule is C=C1C=C(C(C)(C)/C(=C/C=C2\CCCC(=CC=C3N(CCCC)c4ccc(C)cc4C3(C)C)C2=NCCC(=O)O)CCCCCCC)C(C)=CC1. The van der Waals surface area contributed by atoms with Gasteiger partial charge in [-0.2, -0.15) is 0 Å². The minimum Gasteiger partial charge on any atom is -0.481 e. The summed E-state index contributed by atoms with van der Waals surface area (Å²) in [6, 6.07) is 6.88. The van der Waals surface area contributed by atoms with Crippen LogP contribution in [0.15, 0.2) is 105 Å². The monoisotopic (exact) mass is 691 g/mol. The Kier molecular flexibility index (Phi) is 14.3. The van der Waals surface area contributed by atoms with Crippen molar-refractivity contribution < 1.29 is 9.90 Å². The van der Waals surface area contributed by atoms with Gasteiger partial charge in [0.1, 0.15) is 0 Å². The molecule has 1 saturated carbocycles. The van der Waals surface area contributed by atoms with Crippen LogP contribution in [0.4, 0.5) is 5.69 Å². The molecule has 51 heavy (non-hydrogen) atoms. The average molecular weight is 691 g/mol. The number of aryl methyl sites for hydroxylation is 1. The molecule has 0 radical (unpaired) electrons. The fourth-order valence-electron chi connectivity index (χ4n) is 8.07. The lowest BCUT2D eigenvalue weighted by atomic mass is 9.70. The van der Waals surface area contributed by atoms with Gasteiger partial charge in [0.25, 0.3) is 0 Å². The van der Waals surface area contributed by atoms with Gasteiger partial charge < -0.3 is 10.0 Å². The van der Waals surface area contributed by atoms with Gasteiger partial charge in [0.15, 0.2) is 0 Å². The normalized spacial score (nSPS) is 21.1. The standard InChI is InChI=1S/C47H66N2O2/c1-10-12-14-15-16-20-39(46(6,7)40-32-34(3)21-23-36(40)5)26-24-37-18-17-19-38(45(37)48-30-29-44(50)51)25-28-43-47(8,9)41-33-35(4)22-27-42(41)49(43)31-13-11-2/h22-28,32-33H,3,10-21,29-31H2,1-2,4-9H3,(H,50,51)/b37-24+,38-25?,39-26+,43-28?,48-45?. The van der Waals surface area contributed by atoms with Crippen LogP contribution in [0.1, 0.15) is 143 Å². The Bertz CT molecular complexity index is 1650. The second kappa shape index (κ2) is 18.2. The molecule has 2 aliphatic carbocycles. The van der Waals surface area contributed by atoms with Gasteiger partial charge in [-0.3, -0.25) is 9.79 Å². The van der Waals surface area contributed by atoms with Gasteiger partial charge in [0, 0.05) is 28.8 Å². The van der Waals surface area contributed by atoms with Crippen molar-refractivity contribution in [1.82, 2.24) is 0 Å². The molecule has 4 heteroatoms. The number of allylic oxidation sites excluding steroid dienone is 13. The molecule has 4 rings (SSSR count). The van der Waals surface area contributed by atoms with E-state index in [4.69, 9.17) is 4.99 Å². The molecule has 1 heterocycles. The molecule has 0 bridgehead atoms. The van der Waals surface area contributed by atoms with Crippen molar-refractivity contribution in [2.24, 2.45) is 10.4 Å². The van der Waals surface area contributed by atoms with E-state index < -0.39 is 5.97 Å². The maximum atomic E-state index is 11.6. The quantitative estimate of drug-likeness (QED) is 0.176. The van der Waals surface area contributed by atoms with Gasteiger partial charge >= 0.3 is 5.97 Å². The number of hydrogen-bond acceptors (Lipinski definition) is 3. The molecule has 0 aromatic heterocycles. The van der Waals surface area contributed by atoms with Crippen LogP contribution in [-0.4, -0.2) is 29.9 Å². The van der Waals surface area contributed by atoms with Crippen molar-refractivity contribution in [3.63, 3.8) is 0 Å². The molecule has 0 spiro atoms. The van der Waals surface area contributed by atoms with Gasteiger partial charge in [0.2, 0.25) is 0 Å².